The number of rotatable bonds is 4. The minimum atomic E-state index is -3.93. The van der Waals surface area contributed by atoms with E-state index in [4.69, 9.17) is 4.55 Å². The Balaban J connectivity index is 0.00000196. The monoisotopic (exact) mass is 251 g/mol. The summed E-state index contributed by atoms with van der Waals surface area (Å²) in [5.74, 6) is 0.386. The lowest BCUT2D eigenvalue weighted by Crippen LogP contribution is -2.33. The van der Waals surface area contributed by atoms with Gasteiger partial charge in [-0.1, -0.05) is 0 Å². The minimum Gasteiger partial charge on any atom is -0.870 e. The van der Waals surface area contributed by atoms with Gasteiger partial charge in [0.05, 0.1) is 0 Å². The van der Waals surface area contributed by atoms with E-state index >= 15 is 0 Å². The van der Waals surface area contributed by atoms with E-state index in [1.807, 2.05) is 4.57 Å². The summed E-state index contributed by atoms with van der Waals surface area (Å²) >= 11 is 4.07. The molecule has 2 N–H and O–H groups in total. The van der Waals surface area contributed by atoms with Crippen LogP contribution in [0.5, 0.6) is 0 Å². The zero-order valence-electron chi connectivity index (χ0n) is 7.94. The van der Waals surface area contributed by atoms with Gasteiger partial charge in [-0.25, -0.2) is 4.57 Å². The van der Waals surface area contributed by atoms with Gasteiger partial charge in [0.25, 0.3) is 10.1 Å². The second-order valence-corrected chi connectivity index (χ2v) is 4.79. The quantitative estimate of drug-likeness (QED) is 0.452. The molecule has 0 unspecified atom stereocenters. The Bertz CT molecular complexity index is 388. The van der Waals surface area contributed by atoms with Crippen LogP contribution in [0.25, 0.3) is 0 Å². The summed E-state index contributed by atoms with van der Waals surface area (Å²) in [6.07, 6.45) is 3.52. The Kier molecular flexibility index (Phi) is 5.81. The summed E-state index contributed by atoms with van der Waals surface area (Å²) in [5, 5.41) is 0. The van der Waals surface area contributed by atoms with Crippen molar-refractivity contribution in [3.05, 3.63) is 30.1 Å². The standard InChI is InChI=1S/C8H11NO3S2.H2O/c10-14(11,12)7-8-1-3-9(4-2-8)5-6-13;/h1-4H,5-7H2,(H-,10,11,12,13);1H2. The first kappa shape index (κ1) is 14.4. The minimum absolute atomic E-state index is 0. The molecule has 0 bridgehead atoms. The molecule has 1 aromatic heterocycles. The molecule has 15 heavy (non-hydrogen) atoms. The number of aromatic nitrogens is 1. The average molecular weight is 251 g/mol. The van der Waals surface area contributed by atoms with E-state index in [2.05, 4.69) is 12.6 Å². The van der Waals surface area contributed by atoms with Crippen LogP contribution in [-0.2, 0) is 22.4 Å². The number of thiol groups is 1. The smallest absolute Gasteiger partial charge is 0.269 e. The van der Waals surface area contributed by atoms with Gasteiger partial charge in [0.1, 0.15) is 5.75 Å². The van der Waals surface area contributed by atoms with Crippen molar-refractivity contribution >= 4 is 22.7 Å². The SMILES string of the molecule is O=S(=O)(O)Cc1cc[n+](CCS)cc1.[OH-]. The molecule has 0 aliphatic rings. The highest BCUT2D eigenvalue weighted by molar-refractivity contribution is 7.85. The summed E-state index contributed by atoms with van der Waals surface area (Å²) in [4.78, 5) is 0. The summed E-state index contributed by atoms with van der Waals surface area (Å²) in [6, 6.07) is 3.33. The molecule has 0 spiro atoms. The van der Waals surface area contributed by atoms with Crippen LogP contribution in [0.3, 0.4) is 0 Å². The van der Waals surface area contributed by atoms with Gasteiger partial charge in [-0.3, -0.25) is 4.55 Å². The first-order chi connectivity index (χ1) is 6.51. The molecule has 0 fully saturated rings. The first-order valence-electron chi connectivity index (χ1n) is 4.05. The number of pyridine rings is 1. The molecule has 1 heterocycles. The van der Waals surface area contributed by atoms with E-state index in [0.29, 0.717) is 5.56 Å². The Hall–Kier alpha value is -0.630. The molecule has 1 aromatic rings. The number of aryl methyl sites for hydroxylation is 1. The van der Waals surface area contributed by atoms with Crippen molar-refractivity contribution in [2.75, 3.05) is 5.75 Å². The lowest BCUT2D eigenvalue weighted by Gasteiger charge is -1.97. The molecule has 0 aromatic carbocycles. The maximum Gasteiger partial charge on any atom is 0.269 e. The lowest BCUT2D eigenvalue weighted by molar-refractivity contribution is -0.692. The van der Waals surface area contributed by atoms with Crippen LogP contribution >= 0.6 is 12.6 Å². The fourth-order valence-electron chi connectivity index (χ4n) is 1.06. The largest absolute Gasteiger partial charge is 0.870 e. The van der Waals surface area contributed by atoms with Gasteiger partial charge in [0.15, 0.2) is 18.9 Å². The van der Waals surface area contributed by atoms with Crippen molar-refractivity contribution in [2.24, 2.45) is 0 Å². The van der Waals surface area contributed by atoms with Crippen molar-refractivity contribution in [3.8, 4) is 0 Å². The maximum absolute atomic E-state index is 10.5. The molecule has 0 radical (unpaired) electrons. The molecule has 0 saturated heterocycles. The Labute approximate surface area is 94.2 Å². The van der Waals surface area contributed by atoms with Gasteiger partial charge in [-0.2, -0.15) is 21.0 Å². The summed E-state index contributed by atoms with van der Waals surface area (Å²) in [6.45, 7) is 0.773. The topological polar surface area (TPSA) is 88.2 Å². The Morgan fingerprint density at radius 3 is 2.27 bits per heavy atom. The van der Waals surface area contributed by atoms with Crippen LogP contribution in [0.2, 0.25) is 0 Å². The third-order valence-corrected chi connectivity index (χ3v) is 2.57. The normalized spacial score (nSPS) is 10.8. The van der Waals surface area contributed by atoms with E-state index in [0.717, 1.165) is 12.3 Å². The van der Waals surface area contributed by atoms with E-state index in [9.17, 15) is 8.42 Å². The Morgan fingerprint density at radius 2 is 1.87 bits per heavy atom. The fourth-order valence-corrected chi connectivity index (χ4v) is 1.90. The molecule has 0 atom stereocenters. The van der Waals surface area contributed by atoms with Crippen molar-refractivity contribution in [2.45, 2.75) is 12.3 Å². The molecule has 0 aliphatic carbocycles. The molecule has 0 aliphatic heterocycles. The highest BCUT2D eigenvalue weighted by Crippen LogP contribution is 2.01. The van der Waals surface area contributed by atoms with Crippen LogP contribution in [0, 0.1) is 0 Å². The van der Waals surface area contributed by atoms with Gasteiger partial charge in [0, 0.05) is 17.9 Å². The maximum atomic E-state index is 10.5. The third-order valence-electron chi connectivity index (χ3n) is 1.67. The summed E-state index contributed by atoms with van der Waals surface area (Å²) in [7, 11) is -3.93. The molecule has 86 valence electrons. The predicted molar refractivity (Wildman–Crippen MR) is 57.7 cm³/mol. The van der Waals surface area contributed by atoms with Crippen molar-refractivity contribution in [1.82, 2.24) is 0 Å². The predicted octanol–water partition coefficient (Wildman–Crippen LogP) is 0.115. The van der Waals surface area contributed by atoms with Gasteiger partial charge >= 0.3 is 0 Å². The van der Waals surface area contributed by atoms with E-state index < -0.39 is 10.1 Å². The molecule has 0 saturated carbocycles. The molecular formula is C8H13NO4S2. The number of nitrogens with zero attached hydrogens (tertiary/aromatic N) is 1. The number of hydrogen-bond acceptors (Lipinski definition) is 4. The van der Waals surface area contributed by atoms with Gasteiger partial charge in [-0.05, 0) is 5.56 Å². The molecule has 7 heteroatoms. The molecule has 0 amide bonds. The highest BCUT2D eigenvalue weighted by atomic mass is 32.2. The van der Waals surface area contributed by atoms with Crippen LogP contribution < -0.4 is 4.57 Å². The third kappa shape index (κ3) is 5.73. The van der Waals surface area contributed by atoms with Crippen LogP contribution in [0.4, 0.5) is 0 Å². The van der Waals surface area contributed by atoms with E-state index in [1.54, 1.807) is 24.5 Å². The van der Waals surface area contributed by atoms with Gasteiger partial charge in [0.2, 0.25) is 0 Å². The molecule has 5 nitrogen and oxygen atoms in total. The van der Waals surface area contributed by atoms with Crippen molar-refractivity contribution in [1.29, 1.82) is 0 Å². The zero-order valence-corrected chi connectivity index (χ0v) is 9.66. The van der Waals surface area contributed by atoms with Crippen molar-refractivity contribution < 1.29 is 23.0 Å². The summed E-state index contributed by atoms with van der Waals surface area (Å²) in [5.41, 5.74) is 0.572. The lowest BCUT2D eigenvalue weighted by atomic mass is 10.3. The number of hydrogen-bond donors (Lipinski definition) is 2. The van der Waals surface area contributed by atoms with Crippen LogP contribution in [-0.4, -0.2) is 24.2 Å². The van der Waals surface area contributed by atoms with Crippen LogP contribution in [0.15, 0.2) is 24.5 Å². The average Bonchev–Trinajstić information content (AvgIpc) is 2.06. The second-order valence-electron chi connectivity index (χ2n) is 2.89. The zero-order chi connectivity index (χ0) is 10.6. The summed E-state index contributed by atoms with van der Waals surface area (Å²) < 4.78 is 31.6. The van der Waals surface area contributed by atoms with E-state index in [-0.39, 0.29) is 11.2 Å². The van der Waals surface area contributed by atoms with E-state index in [1.165, 1.54) is 0 Å². The highest BCUT2D eigenvalue weighted by Gasteiger charge is 2.07. The fraction of sp³-hybridized carbons (Fsp3) is 0.375. The first-order valence-corrected chi connectivity index (χ1v) is 6.29. The Morgan fingerprint density at radius 1 is 1.33 bits per heavy atom. The molecule has 1 rings (SSSR count). The van der Waals surface area contributed by atoms with Gasteiger partial charge in [-0.15, -0.1) is 0 Å². The van der Waals surface area contributed by atoms with Gasteiger partial charge < -0.3 is 5.48 Å². The van der Waals surface area contributed by atoms with Crippen LogP contribution in [0.1, 0.15) is 5.56 Å². The van der Waals surface area contributed by atoms with Crippen molar-refractivity contribution in [3.63, 3.8) is 0 Å². The second kappa shape index (κ2) is 6.06. The molecular weight excluding hydrogens is 238 g/mol.